The lowest BCUT2D eigenvalue weighted by molar-refractivity contribution is 0.0706. The lowest BCUT2D eigenvalue weighted by atomic mass is 10.1. The first-order valence-corrected chi connectivity index (χ1v) is 10.6. The Balaban J connectivity index is 1.70. The summed E-state index contributed by atoms with van der Waals surface area (Å²) in [7, 11) is 3.39. The van der Waals surface area contributed by atoms with E-state index >= 15 is 0 Å². The van der Waals surface area contributed by atoms with E-state index in [1.54, 1.807) is 47.5 Å². The minimum absolute atomic E-state index is 0.0700. The van der Waals surface area contributed by atoms with Crippen LogP contribution in [0, 0.1) is 13.8 Å². The molecule has 1 atom stereocenters. The van der Waals surface area contributed by atoms with E-state index in [1.807, 2.05) is 6.07 Å². The molecule has 0 bridgehead atoms. The van der Waals surface area contributed by atoms with Gasteiger partial charge >= 0.3 is 0 Å². The summed E-state index contributed by atoms with van der Waals surface area (Å²) in [5.41, 5.74) is 3.03. The molecule has 4 heterocycles. The maximum absolute atomic E-state index is 13.1. The van der Waals surface area contributed by atoms with E-state index in [0.29, 0.717) is 30.4 Å². The number of hydrogen-bond donors (Lipinski definition) is 0. The van der Waals surface area contributed by atoms with E-state index in [0.717, 1.165) is 17.7 Å². The fourth-order valence-electron chi connectivity index (χ4n) is 3.67. The van der Waals surface area contributed by atoms with Crippen LogP contribution in [0.4, 0.5) is 0 Å². The van der Waals surface area contributed by atoms with Gasteiger partial charge in [-0.3, -0.25) is 4.79 Å². The van der Waals surface area contributed by atoms with Crippen molar-refractivity contribution in [3.63, 3.8) is 0 Å². The number of thiophene rings is 1. The van der Waals surface area contributed by atoms with Gasteiger partial charge in [-0.1, -0.05) is 0 Å². The molecule has 1 fully saturated rings. The Morgan fingerprint density at radius 3 is 2.93 bits per heavy atom. The molecule has 3 aromatic rings. The quantitative estimate of drug-likeness (QED) is 0.601. The number of aryl methyl sites for hydroxylation is 2. The minimum Gasteiger partial charge on any atom is -0.379 e. The standard InChI is InChI=1S/C21H25N5O3S/c1-13-9-16(14(2)30-13)18-5-7-22-21(24-18)26-19(12-28-4)17(10-23-26)20(27)25(3)15-6-8-29-11-15/h5,7,9-10,15H,6,8,11-12H2,1-4H3/t15-/m0/s1. The maximum atomic E-state index is 13.1. The minimum atomic E-state index is -0.107. The van der Waals surface area contributed by atoms with Crippen LogP contribution >= 0.6 is 11.3 Å². The Bertz CT molecular complexity index is 1050. The first kappa shape index (κ1) is 20.6. The molecule has 8 nitrogen and oxygen atoms in total. The molecule has 0 radical (unpaired) electrons. The molecule has 3 aromatic heterocycles. The van der Waals surface area contributed by atoms with Crippen molar-refractivity contribution in [1.82, 2.24) is 24.6 Å². The number of likely N-dealkylation sites (N-methyl/N-ethyl adjacent to an activating group) is 1. The number of methoxy groups -OCH3 is 1. The SMILES string of the molecule is COCc1c(C(=O)N(C)[C@H]2CCOC2)cnn1-c1nccc(-c2cc(C)sc2C)n1. The third-order valence-electron chi connectivity index (χ3n) is 5.30. The van der Waals surface area contributed by atoms with E-state index in [2.05, 4.69) is 30.0 Å². The number of nitrogens with zero attached hydrogens (tertiary/aromatic N) is 5. The van der Waals surface area contributed by atoms with Crippen LogP contribution in [0.1, 0.15) is 32.2 Å². The molecule has 0 saturated carbocycles. The van der Waals surface area contributed by atoms with E-state index in [1.165, 1.54) is 9.75 Å². The highest BCUT2D eigenvalue weighted by Crippen LogP contribution is 2.29. The van der Waals surface area contributed by atoms with Crippen LogP contribution in [0.3, 0.4) is 0 Å². The second kappa shape index (κ2) is 8.63. The molecule has 0 spiro atoms. The van der Waals surface area contributed by atoms with Gasteiger partial charge in [-0.15, -0.1) is 11.3 Å². The van der Waals surface area contributed by atoms with Gasteiger partial charge in [0.1, 0.15) is 0 Å². The zero-order valence-corrected chi connectivity index (χ0v) is 18.4. The summed E-state index contributed by atoms with van der Waals surface area (Å²) < 4.78 is 12.4. The van der Waals surface area contributed by atoms with Crippen LogP contribution in [0.25, 0.3) is 17.2 Å². The molecule has 0 N–H and O–H groups in total. The third-order valence-corrected chi connectivity index (χ3v) is 6.27. The van der Waals surface area contributed by atoms with Gasteiger partial charge in [0.15, 0.2) is 0 Å². The molecule has 0 aliphatic carbocycles. The molecule has 1 aliphatic rings. The molecule has 9 heteroatoms. The average Bonchev–Trinajstić information content (AvgIpc) is 3.47. The Hall–Kier alpha value is -2.62. The first-order chi connectivity index (χ1) is 14.5. The van der Waals surface area contributed by atoms with Crippen LogP contribution in [-0.4, -0.2) is 64.0 Å². The fraction of sp³-hybridized carbons (Fsp3) is 0.429. The van der Waals surface area contributed by atoms with Crippen LogP contribution in [0.2, 0.25) is 0 Å². The Kier molecular flexibility index (Phi) is 5.94. The summed E-state index contributed by atoms with van der Waals surface area (Å²) in [6.07, 6.45) is 4.12. The van der Waals surface area contributed by atoms with Crippen LogP contribution in [0.5, 0.6) is 0 Å². The number of amides is 1. The average molecular weight is 428 g/mol. The van der Waals surface area contributed by atoms with Crippen molar-refractivity contribution in [2.75, 3.05) is 27.4 Å². The first-order valence-electron chi connectivity index (χ1n) is 9.81. The number of carbonyl (C=O) groups excluding carboxylic acids is 1. The summed E-state index contributed by atoms with van der Waals surface area (Å²) in [6, 6.07) is 4.08. The van der Waals surface area contributed by atoms with Crippen molar-refractivity contribution in [3.8, 4) is 17.2 Å². The lowest BCUT2D eigenvalue weighted by Gasteiger charge is -2.23. The highest BCUT2D eigenvalue weighted by Gasteiger charge is 2.28. The largest absolute Gasteiger partial charge is 0.379 e. The highest BCUT2D eigenvalue weighted by atomic mass is 32.1. The monoisotopic (exact) mass is 427 g/mol. The van der Waals surface area contributed by atoms with Crippen molar-refractivity contribution in [2.24, 2.45) is 0 Å². The smallest absolute Gasteiger partial charge is 0.257 e. The van der Waals surface area contributed by atoms with Crippen molar-refractivity contribution in [1.29, 1.82) is 0 Å². The Morgan fingerprint density at radius 2 is 2.27 bits per heavy atom. The van der Waals surface area contributed by atoms with Gasteiger partial charge in [-0.25, -0.2) is 9.97 Å². The van der Waals surface area contributed by atoms with Crippen LogP contribution in [0.15, 0.2) is 24.5 Å². The highest BCUT2D eigenvalue weighted by molar-refractivity contribution is 7.12. The van der Waals surface area contributed by atoms with E-state index in [9.17, 15) is 4.79 Å². The number of carbonyl (C=O) groups is 1. The summed E-state index contributed by atoms with van der Waals surface area (Å²) in [4.78, 5) is 26.4. The molecule has 30 heavy (non-hydrogen) atoms. The van der Waals surface area contributed by atoms with Gasteiger partial charge in [0.05, 0.1) is 42.4 Å². The van der Waals surface area contributed by atoms with Gasteiger partial charge in [0.25, 0.3) is 11.9 Å². The Labute approximate surface area is 179 Å². The summed E-state index contributed by atoms with van der Waals surface area (Å²) in [5.74, 6) is 0.304. The number of ether oxygens (including phenoxy) is 2. The van der Waals surface area contributed by atoms with Gasteiger partial charge in [0.2, 0.25) is 0 Å². The number of hydrogen-bond acceptors (Lipinski definition) is 7. The maximum Gasteiger partial charge on any atom is 0.257 e. The summed E-state index contributed by atoms with van der Waals surface area (Å²) >= 11 is 1.74. The third kappa shape index (κ3) is 3.88. The molecule has 158 valence electrons. The van der Waals surface area contributed by atoms with E-state index in [4.69, 9.17) is 14.5 Å². The normalized spacial score (nSPS) is 16.2. The molecular formula is C21H25N5O3S. The lowest BCUT2D eigenvalue weighted by Crippen LogP contribution is -2.37. The van der Waals surface area contributed by atoms with Crippen molar-refractivity contribution >= 4 is 17.2 Å². The molecule has 1 amide bonds. The van der Waals surface area contributed by atoms with Crippen LogP contribution in [-0.2, 0) is 16.1 Å². The van der Waals surface area contributed by atoms with E-state index in [-0.39, 0.29) is 18.6 Å². The molecule has 1 saturated heterocycles. The fourth-order valence-corrected chi connectivity index (χ4v) is 4.60. The molecule has 1 aliphatic heterocycles. The zero-order valence-electron chi connectivity index (χ0n) is 17.6. The van der Waals surface area contributed by atoms with Crippen molar-refractivity contribution in [2.45, 2.75) is 32.9 Å². The zero-order chi connectivity index (χ0) is 21.3. The molecule has 0 aromatic carbocycles. The van der Waals surface area contributed by atoms with Crippen molar-refractivity contribution in [3.05, 3.63) is 45.5 Å². The Morgan fingerprint density at radius 1 is 1.43 bits per heavy atom. The van der Waals surface area contributed by atoms with E-state index < -0.39 is 0 Å². The number of rotatable bonds is 6. The topological polar surface area (TPSA) is 82.4 Å². The molecule has 0 unspecified atom stereocenters. The van der Waals surface area contributed by atoms with Gasteiger partial charge in [-0.05, 0) is 32.4 Å². The van der Waals surface area contributed by atoms with Crippen molar-refractivity contribution < 1.29 is 14.3 Å². The number of aromatic nitrogens is 4. The molecule has 4 rings (SSSR count). The second-order valence-corrected chi connectivity index (χ2v) is 8.81. The second-order valence-electron chi connectivity index (χ2n) is 7.35. The van der Waals surface area contributed by atoms with Gasteiger partial charge < -0.3 is 14.4 Å². The van der Waals surface area contributed by atoms with Gasteiger partial charge in [0, 0.05) is 42.3 Å². The van der Waals surface area contributed by atoms with Gasteiger partial charge in [-0.2, -0.15) is 9.78 Å². The van der Waals surface area contributed by atoms with Crippen LogP contribution < -0.4 is 0 Å². The summed E-state index contributed by atoms with van der Waals surface area (Å²) in [6.45, 7) is 5.62. The predicted molar refractivity (Wildman–Crippen MR) is 114 cm³/mol. The predicted octanol–water partition coefficient (Wildman–Crippen LogP) is 3.01. The molecular weight excluding hydrogens is 402 g/mol. The summed E-state index contributed by atoms with van der Waals surface area (Å²) in [5, 5.41) is 4.43.